The summed E-state index contributed by atoms with van der Waals surface area (Å²) in [6, 6.07) is 7.44. The van der Waals surface area contributed by atoms with Crippen molar-refractivity contribution in [1.82, 2.24) is 14.5 Å². The Morgan fingerprint density at radius 1 is 1.20 bits per heavy atom. The van der Waals surface area contributed by atoms with Crippen molar-refractivity contribution in [3.8, 4) is 0 Å². The van der Waals surface area contributed by atoms with Crippen LogP contribution in [0.1, 0.15) is 19.3 Å². The molecule has 0 saturated carbocycles. The van der Waals surface area contributed by atoms with Crippen molar-refractivity contribution < 1.29 is 9.53 Å². The molecule has 2 saturated heterocycles. The second kappa shape index (κ2) is 6.96. The Morgan fingerprint density at radius 3 is 2.76 bits per heavy atom. The highest BCUT2D eigenvalue weighted by Gasteiger charge is 2.30. The predicted molar refractivity (Wildman–Crippen MR) is 94.2 cm³/mol. The Balaban J connectivity index is 1.39. The number of amides is 1. The van der Waals surface area contributed by atoms with Gasteiger partial charge in [0, 0.05) is 26.2 Å². The largest absolute Gasteiger partial charge is 0.381 e. The third kappa shape index (κ3) is 3.31. The van der Waals surface area contributed by atoms with Gasteiger partial charge in [0.2, 0.25) is 5.91 Å². The zero-order valence-electron chi connectivity index (χ0n) is 14.3. The molecule has 6 heteroatoms. The Labute approximate surface area is 146 Å². The Bertz CT molecular complexity index is 818. The van der Waals surface area contributed by atoms with E-state index < -0.39 is 0 Å². The van der Waals surface area contributed by atoms with Crippen molar-refractivity contribution in [2.24, 2.45) is 11.8 Å². The molecular formula is C19H23N3O3. The molecule has 0 radical (unpaired) electrons. The summed E-state index contributed by atoms with van der Waals surface area (Å²) < 4.78 is 7.04. The Morgan fingerprint density at radius 2 is 2.00 bits per heavy atom. The summed E-state index contributed by atoms with van der Waals surface area (Å²) in [7, 11) is 0. The van der Waals surface area contributed by atoms with E-state index in [4.69, 9.17) is 4.74 Å². The van der Waals surface area contributed by atoms with Crippen molar-refractivity contribution in [3.63, 3.8) is 0 Å². The van der Waals surface area contributed by atoms with Crippen molar-refractivity contribution in [3.05, 3.63) is 40.9 Å². The van der Waals surface area contributed by atoms with Crippen LogP contribution in [-0.2, 0) is 16.1 Å². The minimum atomic E-state index is 0.0206. The highest BCUT2D eigenvalue weighted by atomic mass is 16.5. The van der Waals surface area contributed by atoms with Gasteiger partial charge in [0.25, 0.3) is 5.56 Å². The van der Waals surface area contributed by atoms with E-state index in [0.29, 0.717) is 31.1 Å². The SMILES string of the molecule is O=C(C1CCOC1)N1CCC(Cn2cnc3ccccc3c2=O)CC1. The van der Waals surface area contributed by atoms with E-state index in [1.807, 2.05) is 29.2 Å². The van der Waals surface area contributed by atoms with Crippen LogP contribution in [-0.4, -0.2) is 46.7 Å². The number of rotatable bonds is 3. The number of aromatic nitrogens is 2. The molecule has 0 bridgehead atoms. The third-order valence-corrected chi connectivity index (χ3v) is 5.39. The second-order valence-corrected chi connectivity index (χ2v) is 7.05. The number of hydrogen-bond donors (Lipinski definition) is 0. The van der Waals surface area contributed by atoms with Crippen LogP contribution in [0.2, 0.25) is 0 Å². The van der Waals surface area contributed by atoms with Crippen molar-refractivity contribution in [2.45, 2.75) is 25.8 Å². The maximum Gasteiger partial charge on any atom is 0.261 e. The van der Waals surface area contributed by atoms with Crippen LogP contribution in [0.25, 0.3) is 10.9 Å². The number of likely N-dealkylation sites (tertiary alicyclic amines) is 1. The fourth-order valence-electron chi connectivity index (χ4n) is 3.84. The van der Waals surface area contributed by atoms with Crippen LogP contribution in [0.4, 0.5) is 0 Å². The lowest BCUT2D eigenvalue weighted by Gasteiger charge is -2.33. The normalized spacial score (nSPS) is 21.8. The smallest absolute Gasteiger partial charge is 0.261 e. The molecule has 2 aliphatic heterocycles. The number of benzene rings is 1. The lowest BCUT2D eigenvalue weighted by atomic mass is 9.95. The molecule has 0 N–H and O–H groups in total. The summed E-state index contributed by atoms with van der Waals surface area (Å²) in [5.74, 6) is 0.689. The number of carbonyl (C=O) groups excluding carboxylic acids is 1. The molecule has 25 heavy (non-hydrogen) atoms. The standard InChI is InChI=1S/C19H23N3O3/c23-18(15-7-10-25-12-15)21-8-5-14(6-9-21)11-22-13-20-17-4-2-1-3-16(17)19(22)24/h1-4,13-15H,5-12H2. The van der Waals surface area contributed by atoms with Crippen LogP contribution in [0.15, 0.2) is 35.4 Å². The van der Waals surface area contributed by atoms with Crippen LogP contribution in [0.5, 0.6) is 0 Å². The van der Waals surface area contributed by atoms with Crippen LogP contribution < -0.4 is 5.56 Å². The number of nitrogens with zero attached hydrogens (tertiary/aromatic N) is 3. The van der Waals surface area contributed by atoms with Gasteiger partial charge < -0.3 is 9.64 Å². The molecule has 4 rings (SSSR count). The number of piperidine rings is 1. The van der Waals surface area contributed by atoms with E-state index in [-0.39, 0.29) is 17.4 Å². The molecule has 0 aliphatic carbocycles. The first-order valence-electron chi connectivity index (χ1n) is 9.03. The van der Waals surface area contributed by atoms with Crippen LogP contribution in [0.3, 0.4) is 0 Å². The molecule has 6 nitrogen and oxygen atoms in total. The van der Waals surface area contributed by atoms with Crippen molar-refractivity contribution in [1.29, 1.82) is 0 Å². The van der Waals surface area contributed by atoms with Gasteiger partial charge in [-0.15, -0.1) is 0 Å². The van der Waals surface area contributed by atoms with Gasteiger partial charge in [-0.05, 0) is 37.3 Å². The molecule has 1 amide bonds. The molecule has 3 heterocycles. The highest BCUT2D eigenvalue weighted by molar-refractivity contribution is 5.79. The van der Waals surface area contributed by atoms with E-state index in [2.05, 4.69) is 4.98 Å². The number of ether oxygens (including phenoxy) is 1. The van der Waals surface area contributed by atoms with Gasteiger partial charge in [0.15, 0.2) is 0 Å². The molecular weight excluding hydrogens is 318 g/mol. The minimum absolute atomic E-state index is 0.0206. The summed E-state index contributed by atoms with van der Waals surface area (Å²) >= 11 is 0. The van der Waals surface area contributed by atoms with E-state index in [1.54, 1.807) is 10.9 Å². The number of hydrogen-bond acceptors (Lipinski definition) is 4. The average Bonchev–Trinajstić information content (AvgIpc) is 3.19. The Kier molecular flexibility index (Phi) is 4.53. The molecule has 2 aliphatic rings. The summed E-state index contributed by atoms with van der Waals surface area (Å²) in [4.78, 5) is 31.4. The van der Waals surface area contributed by atoms with Gasteiger partial charge in [-0.2, -0.15) is 0 Å². The molecule has 2 fully saturated rings. The fourth-order valence-corrected chi connectivity index (χ4v) is 3.84. The zero-order chi connectivity index (χ0) is 17.2. The first kappa shape index (κ1) is 16.3. The second-order valence-electron chi connectivity index (χ2n) is 7.05. The quantitative estimate of drug-likeness (QED) is 0.852. The maximum absolute atomic E-state index is 12.6. The predicted octanol–water partition coefficient (Wildman–Crippen LogP) is 1.67. The van der Waals surface area contributed by atoms with Crippen molar-refractivity contribution in [2.75, 3.05) is 26.3 Å². The first-order chi connectivity index (χ1) is 12.2. The van der Waals surface area contributed by atoms with E-state index in [1.165, 1.54) is 0 Å². The maximum atomic E-state index is 12.6. The number of carbonyl (C=O) groups is 1. The average molecular weight is 341 g/mol. The molecule has 132 valence electrons. The topological polar surface area (TPSA) is 64.4 Å². The van der Waals surface area contributed by atoms with E-state index in [9.17, 15) is 9.59 Å². The fraction of sp³-hybridized carbons (Fsp3) is 0.526. The summed E-state index contributed by atoms with van der Waals surface area (Å²) in [5, 5.41) is 0.666. The van der Waals surface area contributed by atoms with E-state index >= 15 is 0 Å². The lowest BCUT2D eigenvalue weighted by molar-refractivity contribution is -0.137. The van der Waals surface area contributed by atoms with Gasteiger partial charge in [-0.25, -0.2) is 4.98 Å². The number of para-hydroxylation sites is 1. The third-order valence-electron chi connectivity index (χ3n) is 5.39. The first-order valence-corrected chi connectivity index (χ1v) is 9.03. The molecule has 1 aromatic carbocycles. The van der Waals surface area contributed by atoms with Crippen LogP contribution >= 0.6 is 0 Å². The number of fused-ring (bicyclic) bond motifs is 1. The van der Waals surface area contributed by atoms with Gasteiger partial charge in [0.1, 0.15) is 0 Å². The monoisotopic (exact) mass is 341 g/mol. The minimum Gasteiger partial charge on any atom is -0.381 e. The van der Waals surface area contributed by atoms with Gasteiger partial charge in [0.05, 0.1) is 29.8 Å². The van der Waals surface area contributed by atoms with Crippen molar-refractivity contribution >= 4 is 16.8 Å². The van der Waals surface area contributed by atoms with Crippen LogP contribution in [0, 0.1) is 11.8 Å². The van der Waals surface area contributed by atoms with E-state index in [0.717, 1.165) is 37.9 Å². The zero-order valence-corrected chi connectivity index (χ0v) is 14.3. The Hall–Kier alpha value is -2.21. The summed E-state index contributed by atoms with van der Waals surface area (Å²) in [6.45, 7) is 3.48. The summed E-state index contributed by atoms with van der Waals surface area (Å²) in [6.07, 6.45) is 4.35. The lowest BCUT2D eigenvalue weighted by Crippen LogP contribution is -2.43. The van der Waals surface area contributed by atoms with Gasteiger partial charge in [-0.1, -0.05) is 12.1 Å². The highest BCUT2D eigenvalue weighted by Crippen LogP contribution is 2.23. The molecule has 1 aromatic heterocycles. The summed E-state index contributed by atoms with van der Waals surface area (Å²) in [5.41, 5.74) is 0.759. The molecule has 1 unspecified atom stereocenters. The van der Waals surface area contributed by atoms with Gasteiger partial charge >= 0.3 is 0 Å². The molecule has 2 aromatic rings. The van der Waals surface area contributed by atoms with Gasteiger partial charge in [-0.3, -0.25) is 14.2 Å². The molecule has 0 spiro atoms. The molecule has 1 atom stereocenters.